The molecule has 3 fully saturated rings. The van der Waals surface area contributed by atoms with Crippen LogP contribution in [-0.2, 0) is 10.2 Å². The predicted molar refractivity (Wildman–Crippen MR) is 106 cm³/mol. The fourth-order valence-corrected chi connectivity index (χ4v) is 6.64. The summed E-state index contributed by atoms with van der Waals surface area (Å²) in [6, 6.07) is 11.4. The van der Waals surface area contributed by atoms with Crippen LogP contribution in [0.25, 0.3) is 0 Å². The summed E-state index contributed by atoms with van der Waals surface area (Å²) in [4.78, 5) is 15.5. The number of fused-ring (bicyclic) bond motifs is 2. The van der Waals surface area contributed by atoms with Crippen LogP contribution in [0.3, 0.4) is 0 Å². The summed E-state index contributed by atoms with van der Waals surface area (Å²) >= 11 is 0. The molecule has 3 heteroatoms. The molecule has 4 rings (SSSR count). The Balaban J connectivity index is 1.62. The zero-order chi connectivity index (χ0) is 18.6. The summed E-state index contributed by atoms with van der Waals surface area (Å²) in [5.74, 6) is 0.938. The number of rotatable bonds is 3. The van der Waals surface area contributed by atoms with Crippen molar-refractivity contribution < 1.29 is 4.79 Å². The average molecular weight is 355 g/mol. The van der Waals surface area contributed by atoms with Gasteiger partial charge in [-0.05, 0) is 61.5 Å². The van der Waals surface area contributed by atoms with Crippen LogP contribution in [0.1, 0.15) is 58.4 Å². The number of amides is 1. The maximum atomic E-state index is 13.3. The minimum atomic E-state index is -0.247. The van der Waals surface area contributed by atoms with Gasteiger partial charge in [-0.15, -0.1) is 0 Å². The molecule has 0 aromatic heterocycles. The molecule has 1 aliphatic heterocycles. The number of nitrogens with zero attached hydrogens (tertiary/aromatic N) is 1. The van der Waals surface area contributed by atoms with E-state index in [1.807, 2.05) is 0 Å². The molecule has 26 heavy (non-hydrogen) atoms. The highest BCUT2D eigenvalue weighted by Gasteiger charge is 2.55. The fraction of sp³-hybridized carbons (Fsp3) is 0.696. The highest BCUT2D eigenvalue weighted by atomic mass is 16.2. The quantitative estimate of drug-likeness (QED) is 0.890. The van der Waals surface area contributed by atoms with Crippen molar-refractivity contribution in [3.63, 3.8) is 0 Å². The van der Waals surface area contributed by atoms with E-state index in [1.165, 1.54) is 24.8 Å². The Morgan fingerprint density at radius 2 is 1.73 bits per heavy atom. The van der Waals surface area contributed by atoms with Gasteiger partial charge in [0.25, 0.3) is 0 Å². The first-order chi connectivity index (χ1) is 12.2. The summed E-state index contributed by atoms with van der Waals surface area (Å²) in [5.41, 5.74) is 1.70. The summed E-state index contributed by atoms with van der Waals surface area (Å²) in [7, 11) is 2.11. The van der Waals surface area contributed by atoms with E-state index >= 15 is 0 Å². The van der Waals surface area contributed by atoms with Gasteiger partial charge >= 0.3 is 0 Å². The summed E-state index contributed by atoms with van der Waals surface area (Å²) in [5, 5.41) is 3.36. The SMILES string of the molecule is CN1CC(NC(=O)C2(C)CC3CC(C)(C)CC(c4ccccc4)(C3)C2)C1. The number of nitrogens with one attached hydrogen (secondary N) is 1. The van der Waals surface area contributed by atoms with Crippen LogP contribution >= 0.6 is 0 Å². The lowest BCUT2D eigenvalue weighted by Gasteiger charge is -2.57. The molecule has 1 heterocycles. The molecule has 142 valence electrons. The Labute approximate surface area is 158 Å². The van der Waals surface area contributed by atoms with Gasteiger partial charge in [-0.25, -0.2) is 0 Å². The van der Waals surface area contributed by atoms with Crippen LogP contribution in [0.5, 0.6) is 0 Å². The van der Waals surface area contributed by atoms with Gasteiger partial charge in [0.1, 0.15) is 0 Å². The topological polar surface area (TPSA) is 32.3 Å². The largest absolute Gasteiger partial charge is 0.350 e. The van der Waals surface area contributed by atoms with Crippen molar-refractivity contribution in [3.05, 3.63) is 35.9 Å². The number of likely N-dealkylation sites (N-methyl/N-ethyl adjacent to an activating group) is 1. The number of carbonyl (C=O) groups excluding carboxylic acids is 1. The van der Waals surface area contributed by atoms with Crippen molar-refractivity contribution in [1.82, 2.24) is 10.2 Å². The highest BCUT2D eigenvalue weighted by molar-refractivity contribution is 5.83. The van der Waals surface area contributed by atoms with Crippen LogP contribution in [0.4, 0.5) is 0 Å². The van der Waals surface area contributed by atoms with Crippen molar-refractivity contribution >= 4 is 5.91 Å². The predicted octanol–water partition coefficient (Wildman–Crippen LogP) is 3.98. The molecule has 2 aliphatic carbocycles. The summed E-state index contributed by atoms with van der Waals surface area (Å²) < 4.78 is 0. The first-order valence-electron chi connectivity index (χ1n) is 10.2. The second-order valence-electron chi connectivity index (χ2n) is 10.6. The molecule has 1 aromatic carbocycles. The Morgan fingerprint density at radius 3 is 2.38 bits per heavy atom. The maximum Gasteiger partial charge on any atom is 0.226 e. The van der Waals surface area contributed by atoms with Crippen LogP contribution in [0.15, 0.2) is 30.3 Å². The van der Waals surface area contributed by atoms with Gasteiger partial charge in [0.15, 0.2) is 0 Å². The second-order valence-corrected chi connectivity index (χ2v) is 10.6. The first kappa shape index (κ1) is 18.0. The van der Waals surface area contributed by atoms with Crippen molar-refractivity contribution in [3.8, 4) is 0 Å². The number of hydrogen-bond donors (Lipinski definition) is 1. The van der Waals surface area contributed by atoms with Crippen LogP contribution in [0.2, 0.25) is 0 Å². The molecule has 3 aliphatic rings. The molecule has 1 saturated heterocycles. The molecule has 1 amide bonds. The summed E-state index contributed by atoms with van der Waals surface area (Å²) in [6.45, 7) is 9.05. The normalized spacial score (nSPS) is 37.0. The molecule has 2 saturated carbocycles. The van der Waals surface area contributed by atoms with Crippen molar-refractivity contribution in [2.45, 2.75) is 64.3 Å². The van der Waals surface area contributed by atoms with E-state index in [-0.39, 0.29) is 10.8 Å². The van der Waals surface area contributed by atoms with E-state index < -0.39 is 0 Å². The Kier molecular flexibility index (Phi) is 4.22. The van der Waals surface area contributed by atoms with Gasteiger partial charge in [-0.1, -0.05) is 51.1 Å². The van der Waals surface area contributed by atoms with Crippen molar-refractivity contribution in [2.75, 3.05) is 20.1 Å². The van der Waals surface area contributed by atoms with Gasteiger partial charge in [0, 0.05) is 18.5 Å². The number of hydrogen-bond acceptors (Lipinski definition) is 2. The minimum Gasteiger partial charge on any atom is -0.350 e. The molecule has 2 bridgehead atoms. The van der Waals surface area contributed by atoms with E-state index in [9.17, 15) is 4.79 Å². The zero-order valence-corrected chi connectivity index (χ0v) is 16.8. The maximum absolute atomic E-state index is 13.3. The van der Waals surface area contributed by atoms with Crippen LogP contribution < -0.4 is 5.32 Å². The number of carbonyl (C=O) groups is 1. The number of benzene rings is 1. The van der Waals surface area contributed by atoms with Crippen molar-refractivity contribution in [2.24, 2.45) is 16.7 Å². The van der Waals surface area contributed by atoms with Gasteiger partial charge in [-0.3, -0.25) is 4.79 Å². The third kappa shape index (κ3) is 3.19. The Bertz CT molecular complexity index is 679. The molecule has 0 radical (unpaired) electrons. The molecule has 3 nitrogen and oxygen atoms in total. The highest BCUT2D eigenvalue weighted by Crippen LogP contribution is 2.61. The lowest BCUT2D eigenvalue weighted by molar-refractivity contribution is -0.139. The van der Waals surface area contributed by atoms with Gasteiger partial charge in [0.2, 0.25) is 5.91 Å². The summed E-state index contributed by atoms with van der Waals surface area (Å²) in [6.07, 6.45) is 5.71. The standard InChI is InChI=1S/C23H34N2O/c1-21(2)10-17-11-22(3,20(26)24-19-13-25(4)14-19)16-23(12-17,15-21)18-8-6-5-7-9-18/h5-9,17,19H,10-16H2,1-4H3,(H,24,26). The molecule has 3 unspecified atom stereocenters. The lowest BCUT2D eigenvalue weighted by atomic mass is 9.47. The first-order valence-corrected chi connectivity index (χ1v) is 10.2. The van der Waals surface area contributed by atoms with E-state index in [1.54, 1.807) is 0 Å². The average Bonchev–Trinajstić information content (AvgIpc) is 2.52. The second kappa shape index (κ2) is 6.09. The smallest absolute Gasteiger partial charge is 0.226 e. The van der Waals surface area contributed by atoms with E-state index in [4.69, 9.17) is 0 Å². The third-order valence-corrected chi connectivity index (χ3v) is 7.14. The third-order valence-electron chi connectivity index (χ3n) is 7.14. The van der Waals surface area contributed by atoms with E-state index in [2.05, 4.69) is 68.4 Å². The Hall–Kier alpha value is -1.35. The van der Waals surface area contributed by atoms with Crippen LogP contribution in [-0.4, -0.2) is 37.0 Å². The van der Waals surface area contributed by atoms with Gasteiger partial charge < -0.3 is 10.2 Å². The van der Waals surface area contributed by atoms with E-state index in [0.717, 1.165) is 25.9 Å². The van der Waals surface area contributed by atoms with Gasteiger partial charge in [-0.2, -0.15) is 0 Å². The molecule has 1 N–H and O–H groups in total. The molecule has 0 spiro atoms. The lowest BCUT2D eigenvalue weighted by Crippen LogP contribution is -2.61. The van der Waals surface area contributed by atoms with Crippen LogP contribution in [0, 0.1) is 16.7 Å². The van der Waals surface area contributed by atoms with Crippen molar-refractivity contribution in [1.29, 1.82) is 0 Å². The fourth-order valence-electron chi connectivity index (χ4n) is 6.64. The molecular weight excluding hydrogens is 320 g/mol. The molecule has 1 aromatic rings. The molecule has 3 atom stereocenters. The zero-order valence-electron chi connectivity index (χ0n) is 16.8. The minimum absolute atomic E-state index is 0.147. The van der Waals surface area contributed by atoms with E-state index in [0.29, 0.717) is 23.3 Å². The van der Waals surface area contributed by atoms with Gasteiger partial charge in [0.05, 0.1) is 6.04 Å². The monoisotopic (exact) mass is 354 g/mol. The Morgan fingerprint density at radius 1 is 1.04 bits per heavy atom. The molecular formula is C23H34N2O. The number of likely N-dealkylation sites (tertiary alicyclic amines) is 1.